The number of pyridine rings is 1. The van der Waals surface area contributed by atoms with Crippen molar-refractivity contribution in [2.75, 3.05) is 7.11 Å². The Morgan fingerprint density at radius 1 is 1.24 bits per heavy atom. The molecule has 3 rings (SSSR count). The molecule has 0 N–H and O–H groups in total. The van der Waals surface area contributed by atoms with Crippen LogP contribution < -0.4 is 10.4 Å². The largest absolute Gasteiger partial charge is 0.497 e. The van der Waals surface area contributed by atoms with Crippen molar-refractivity contribution in [1.82, 2.24) is 4.98 Å². The number of carbonyl (C=O) groups excluding carboxylic acids is 1. The smallest absolute Gasteiger partial charge is 0.340 e. The summed E-state index contributed by atoms with van der Waals surface area (Å²) >= 11 is 11.5. The highest BCUT2D eigenvalue weighted by atomic mass is 35.5. The molecule has 3 aromatic rings. The number of hydrogen-bond acceptors (Lipinski definition) is 6. The Morgan fingerprint density at radius 3 is 2.76 bits per heavy atom. The Balaban J connectivity index is 1.86. The lowest BCUT2D eigenvalue weighted by Gasteiger charge is -2.08. The number of fused-ring (bicyclic) bond motifs is 1. The average molecular weight is 380 g/mol. The summed E-state index contributed by atoms with van der Waals surface area (Å²) in [6, 6.07) is 7.67. The Bertz CT molecular complexity index is 1020. The molecule has 0 radical (unpaired) electrons. The van der Waals surface area contributed by atoms with Crippen LogP contribution in [0.1, 0.15) is 15.9 Å². The summed E-state index contributed by atoms with van der Waals surface area (Å²) in [5.41, 5.74) is 0.454. The van der Waals surface area contributed by atoms with Crippen molar-refractivity contribution in [3.63, 3.8) is 0 Å². The Kier molecular flexibility index (Phi) is 4.92. The fourth-order valence-corrected chi connectivity index (χ4v) is 2.49. The molecule has 0 atom stereocenters. The maximum Gasteiger partial charge on any atom is 0.340 e. The lowest BCUT2D eigenvalue weighted by molar-refractivity contribution is 0.0473. The van der Waals surface area contributed by atoms with E-state index in [9.17, 15) is 9.59 Å². The molecule has 0 unspecified atom stereocenters. The Morgan fingerprint density at radius 2 is 2.04 bits per heavy atom. The quantitative estimate of drug-likeness (QED) is 0.389. The third-order valence-electron chi connectivity index (χ3n) is 3.43. The highest BCUT2D eigenvalue weighted by Crippen LogP contribution is 2.24. The molecule has 8 heteroatoms. The molecule has 128 valence electrons. The van der Waals surface area contributed by atoms with Gasteiger partial charge in [0.05, 0.1) is 17.7 Å². The van der Waals surface area contributed by atoms with Crippen molar-refractivity contribution >= 4 is 40.1 Å². The second-order valence-electron chi connectivity index (χ2n) is 5.03. The molecule has 0 bridgehead atoms. The minimum atomic E-state index is -0.638. The van der Waals surface area contributed by atoms with Crippen molar-refractivity contribution in [2.24, 2.45) is 0 Å². The minimum Gasteiger partial charge on any atom is -0.497 e. The SMILES string of the molecule is COc1ccc2c(COC(=O)c3cnc(Cl)c(Cl)c3)cc(=O)oc2c1. The van der Waals surface area contributed by atoms with Crippen LogP contribution in [0.5, 0.6) is 5.75 Å². The third kappa shape index (κ3) is 3.75. The van der Waals surface area contributed by atoms with Gasteiger partial charge in [0, 0.05) is 29.3 Å². The van der Waals surface area contributed by atoms with E-state index in [1.807, 2.05) is 0 Å². The highest BCUT2D eigenvalue weighted by molar-refractivity contribution is 6.41. The molecule has 0 saturated carbocycles. The number of ether oxygens (including phenoxy) is 2. The van der Waals surface area contributed by atoms with E-state index in [-0.39, 0.29) is 22.3 Å². The molecular formula is C17H11Cl2NO5. The monoisotopic (exact) mass is 379 g/mol. The predicted octanol–water partition coefficient (Wildman–Crippen LogP) is 3.86. The summed E-state index contributed by atoms with van der Waals surface area (Å²) in [4.78, 5) is 27.6. The van der Waals surface area contributed by atoms with Crippen LogP contribution in [0.3, 0.4) is 0 Å². The molecule has 25 heavy (non-hydrogen) atoms. The van der Waals surface area contributed by atoms with E-state index in [4.69, 9.17) is 37.1 Å². The van der Waals surface area contributed by atoms with E-state index >= 15 is 0 Å². The minimum absolute atomic E-state index is 0.0961. The zero-order valence-corrected chi connectivity index (χ0v) is 14.4. The fraction of sp³-hybridized carbons (Fsp3) is 0.118. The van der Waals surface area contributed by atoms with Crippen LogP contribution in [0.15, 0.2) is 45.7 Å². The molecule has 2 aromatic heterocycles. The van der Waals surface area contributed by atoms with Crippen LogP contribution in [0.2, 0.25) is 10.2 Å². The first-order valence-electron chi connectivity index (χ1n) is 7.07. The van der Waals surface area contributed by atoms with Crippen molar-refractivity contribution in [3.8, 4) is 5.75 Å². The fourth-order valence-electron chi connectivity index (χ4n) is 2.22. The van der Waals surface area contributed by atoms with Crippen LogP contribution in [-0.4, -0.2) is 18.1 Å². The number of benzene rings is 1. The Hall–Kier alpha value is -2.57. The van der Waals surface area contributed by atoms with Gasteiger partial charge in [0.1, 0.15) is 23.1 Å². The first-order chi connectivity index (χ1) is 12.0. The maximum atomic E-state index is 12.1. The molecule has 1 aromatic carbocycles. The molecule has 6 nitrogen and oxygen atoms in total. The number of aromatic nitrogens is 1. The summed E-state index contributed by atoms with van der Waals surface area (Å²) in [6.07, 6.45) is 1.26. The van der Waals surface area contributed by atoms with E-state index in [1.54, 1.807) is 18.2 Å². The van der Waals surface area contributed by atoms with Gasteiger partial charge in [-0.1, -0.05) is 23.2 Å². The highest BCUT2D eigenvalue weighted by Gasteiger charge is 2.13. The summed E-state index contributed by atoms with van der Waals surface area (Å²) in [7, 11) is 1.51. The van der Waals surface area contributed by atoms with E-state index in [0.29, 0.717) is 22.3 Å². The molecular weight excluding hydrogens is 369 g/mol. The van der Waals surface area contributed by atoms with Crippen molar-refractivity contribution < 1.29 is 18.7 Å². The number of rotatable bonds is 4. The van der Waals surface area contributed by atoms with Gasteiger partial charge in [-0.2, -0.15) is 0 Å². The van der Waals surface area contributed by atoms with Crippen LogP contribution >= 0.6 is 23.2 Å². The van der Waals surface area contributed by atoms with E-state index in [2.05, 4.69) is 4.98 Å². The van der Waals surface area contributed by atoms with Gasteiger partial charge < -0.3 is 13.9 Å². The lowest BCUT2D eigenvalue weighted by atomic mass is 10.1. The molecule has 0 amide bonds. The average Bonchev–Trinajstić information content (AvgIpc) is 2.60. The number of halogens is 2. The number of esters is 1. The van der Waals surface area contributed by atoms with Crippen molar-refractivity contribution in [3.05, 3.63) is 68.3 Å². The second kappa shape index (κ2) is 7.13. The number of nitrogens with zero attached hydrogens (tertiary/aromatic N) is 1. The topological polar surface area (TPSA) is 78.6 Å². The van der Waals surface area contributed by atoms with Gasteiger partial charge >= 0.3 is 11.6 Å². The zero-order chi connectivity index (χ0) is 18.0. The number of hydrogen-bond donors (Lipinski definition) is 0. The van der Waals surface area contributed by atoms with Gasteiger partial charge in [0.15, 0.2) is 0 Å². The van der Waals surface area contributed by atoms with Gasteiger partial charge in [0.25, 0.3) is 0 Å². The summed E-state index contributed by atoms with van der Waals surface area (Å²) in [5, 5.41) is 0.883. The predicted molar refractivity (Wildman–Crippen MR) is 92.4 cm³/mol. The van der Waals surface area contributed by atoms with Crippen molar-refractivity contribution in [1.29, 1.82) is 0 Å². The zero-order valence-electron chi connectivity index (χ0n) is 12.9. The molecule has 2 heterocycles. The summed E-state index contributed by atoms with van der Waals surface area (Å²) in [6.45, 7) is -0.118. The van der Waals surface area contributed by atoms with Gasteiger partial charge in [-0.15, -0.1) is 0 Å². The van der Waals surface area contributed by atoms with Gasteiger partial charge in [-0.05, 0) is 18.2 Å². The first kappa shape index (κ1) is 17.3. The molecule has 0 fully saturated rings. The third-order valence-corrected chi connectivity index (χ3v) is 4.11. The van der Waals surface area contributed by atoms with Crippen LogP contribution in [0.4, 0.5) is 0 Å². The maximum absolute atomic E-state index is 12.1. The normalized spacial score (nSPS) is 10.7. The Labute approximate surface area is 151 Å². The number of carbonyl (C=O) groups is 1. The lowest BCUT2D eigenvalue weighted by Crippen LogP contribution is -2.08. The second-order valence-corrected chi connectivity index (χ2v) is 5.79. The van der Waals surface area contributed by atoms with E-state index in [1.165, 1.54) is 25.4 Å². The molecule has 0 spiro atoms. The first-order valence-corrected chi connectivity index (χ1v) is 7.82. The van der Waals surface area contributed by atoms with Gasteiger partial charge in [-0.25, -0.2) is 14.6 Å². The molecule has 0 aliphatic carbocycles. The van der Waals surface area contributed by atoms with Gasteiger partial charge in [-0.3, -0.25) is 0 Å². The molecule has 0 aliphatic heterocycles. The molecule has 0 aliphatic rings. The van der Waals surface area contributed by atoms with Crippen LogP contribution in [0, 0.1) is 0 Å². The summed E-state index contributed by atoms with van der Waals surface area (Å²) < 4.78 is 15.5. The van der Waals surface area contributed by atoms with E-state index in [0.717, 1.165) is 0 Å². The molecule has 0 saturated heterocycles. The summed E-state index contributed by atoms with van der Waals surface area (Å²) in [5.74, 6) is -0.0901. The van der Waals surface area contributed by atoms with Gasteiger partial charge in [0.2, 0.25) is 0 Å². The van der Waals surface area contributed by atoms with Crippen LogP contribution in [-0.2, 0) is 11.3 Å². The van der Waals surface area contributed by atoms with E-state index < -0.39 is 11.6 Å². The number of methoxy groups -OCH3 is 1. The van der Waals surface area contributed by atoms with Crippen molar-refractivity contribution in [2.45, 2.75) is 6.61 Å². The standard InChI is InChI=1S/C17H11Cl2NO5/c1-23-11-2-3-12-10(5-15(21)25-14(12)6-11)8-24-17(22)9-4-13(18)16(19)20-7-9/h2-7H,8H2,1H3. The van der Waals surface area contributed by atoms with Crippen LogP contribution in [0.25, 0.3) is 11.0 Å².